The summed E-state index contributed by atoms with van der Waals surface area (Å²) in [7, 11) is 0. The van der Waals surface area contributed by atoms with Gasteiger partial charge in [-0.25, -0.2) is 0 Å². The van der Waals surface area contributed by atoms with Crippen molar-refractivity contribution in [1.82, 2.24) is 5.32 Å². The third-order valence-corrected chi connectivity index (χ3v) is 2.65. The molecule has 2 amide bonds. The number of nitrogens with zero attached hydrogens (tertiary/aromatic N) is 1. The Labute approximate surface area is 95.5 Å². The van der Waals surface area contributed by atoms with E-state index in [4.69, 9.17) is 5.73 Å². The van der Waals surface area contributed by atoms with E-state index >= 15 is 0 Å². The normalized spacial score (nSPS) is 23.1. The van der Waals surface area contributed by atoms with Crippen molar-refractivity contribution in [3.05, 3.63) is 0 Å². The quantitative estimate of drug-likeness (QED) is 0.681. The number of amides is 2. The number of amidine groups is 1. The van der Waals surface area contributed by atoms with Crippen LogP contribution in [0.4, 0.5) is 0 Å². The topological polar surface area (TPSA) is 84.5 Å². The summed E-state index contributed by atoms with van der Waals surface area (Å²) in [5.41, 5.74) is 5.81. The number of carbonyl (C=O) groups is 2. The molecule has 0 aromatic rings. The molecule has 1 aliphatic rings. The molecule has 5 heteroatoms. The lowest BCUT2D eigenvalue weighted by Crippen LogP contribution is -2.52. The first-order valence-corrected chi connectivity index (χ1v) is 5.66. The first-order chi connectivity index (χ1) is 7.47. The Morgan fingerprint density at radius 3 is 2.50 bits per heavy atom. The lowest BCUT2D eigenvalue weighted by Gasteiger charge is -2.25. The first-order valence-electron chi connectivity index (χ1n) is 5.66. The summed E-state index contributed by atoms with van der Waals surface area (Å²) in [4.78, 5) is 27.2. The Morgan fingerprint density at radius 1 is 1.44 bits per heavy atom. The zero-order chi connectivity index (χ0) is 12.3. The van der Waals surface area contributed by atoms with Gasteiger partial charge in [-0.05, 0) is 12.3 Å². The summed E-state index contributed by atoms with van der Waals surface area (Å²) < 4.78 is 0. The smallest absolute Gasteiger partial charge is 0.260 e. The van der Waals surface area contributed by atoms with Crippen LogP contribution in [0.15, 0.2) is 4.99 Å². The molecule has 0 aromatic heterocycles. The zero-order valence-corrected chi connectivity index (χ0v) is 9.99. The largest absolute Gasteiger partial charge is 0.321 e. The minimum Gasteiger partial charge on any atom is -0.321 e. The second-order valence-electron chi connectivity index (χ2n) is 4.44. The van der Waals surface area contributed by atoms with Gasteiger partial charge in [-0.2, -0.15) is 4.99 Å². The fraction of sp³-hybridized carbons (Fsp3) is 0.727. The van der Waals surface area contributed by atoms with Gasteiger partial charge in [0.1, 0.15) is 11.8 Å². The average Bonchev–Trinajstić information content (AvgIpc) is 2.16. The molecule has 0 saturated heterocycles. The van der Waals surface area contributed by atoms with Crippen molar-refractivity contribution in [3.8, 4) is 0 Å². The number of aliphatic imine (C=N–C) groups is 1. The first kappa shape index (κ1) is 12.8. The molecule has 16 heavy (non-hydrogen) atoms. The van der Waals surface area contributed by atoms with E-state index in [1.54, 1.807) is 0 Å². The van der Waals surface area contributed by atoms with Crippen LogP contribution in [0.25, 0.3) is 0 Å². The van der Waals surface area contributed by atoms with Crippen molar-refractivity contribution in [1.29, 1.82) is 0 Å². The molecule has 3 N–H and O–H groups in total. The summed E-state index contributed by atoms with van der Waals surface area (Å²) in [6.45, 7) is 5.65. The molecule has 90 valence electrons. The van der Waals surface area contributed by atoms with Crippen molar-refractivity contribution >= 4 is 17.6 Å². The van der Waals surface area contributed by atoms with Gasteiger partial charge in [0.2, 0.25) is 5.91 Å². The lowest BCUT2D eigenvalue weighted by atomic mass is 9.92. The Morgan fingerprint density at radius 2 is 2.06 bits per heavy atom. The van der Waals surface area contributed by atoms with Gasteiger partial charge in [0.25, 0.3) is 5.91 Å². The molecule has 0 saturated carbocycles. The molecule has 0 aromatic carbocycles. The van der Waals surface area contributed by atoms with Crippen LogP contribution in [0.2, 0.25) is 0 Å². The number of nitrogens with one attached hydrogen (secondary N) is 1. The minimum atomic E-state index is -0.669. The Balaban J connectivity index is 2.83. The molecule has 0 spiro atoms. The second kappa shape index (κ2) is 5.21. The van der Waals surface area contributed by atoms with Crippen LogP contribution in [-0.4, -0.2) is 23.7 Å². The molecule has 0 bridgehead atoms. The van der Waals surface area contributed by atoms with E-state index < -0.39 is 5.92 Å². The van der Waals surface area contributed by atoms with Gasteiger partial charge < -0.3 is 11.1 Å². The number of rotatable bonds is 4. The molecular weight excluding hydrogens is 206 g/mol. The monoisotopic (exact) mass is 225 g/mol. The SMILES string of the molecule is CCCC(N)C1=NC(=O)C(C(C)C)C(=O)N1. The van der Waals surface area contributed by atoms with Crippen LogP contribution in [-0.2, 0) is 9.59 Å². The van der Waals surface area contributed by atoms with E-state index in [0.29, 0.717) is 12.3 Å². The Bertz CT molecular complexity index is 323. The molecular formula is C11H19N3O2. The van der Waals surface area contributed by atoms with E-state index in [-0.39, 0.29) is 23.8 Å². The zero-order valence-electron chi connectivity index (χ0n) is 9.99. The summed E-state index contributed by atoms with van der Waals surface area (Å²) in [6.07, 6.45) is 1.59. The van der Waals surface area contributed by atoms with E-state index in [1.807, 2.05) is 20.8 Å². The third-order valence-electron chi connectivity index (χ3n) is 2.65. The van der Waals surface area contributed by atoms with Gasteiger partial charge in [-0.3, -0.25) is 9.59 Å². The van der Waals surface area contributed by atoms with Crippen molar-refractivity contribution in [2.24, 2.45) is 22.6 Å². The van der Waals surface area contributed by atoms with Crippen LogP contribution in [0.1, 0.15) is 33.6 Å². The number of hydrogen-bond acceptors (Lipinski definition) is 3. The van der Waals surface area contributed by atoms with E-state index in [9.17, 15) is 9.59 Å². The van der Waals surface area contributed by atoms with E-state index in [0.717, 1.165) is 6.42 Å². The van der Waals surface area contributed by atoms with E-state index in [1.165, 1.54) is 0 Å². The molecule has 0 fully saturated rings. The van der Waals surface area contributed by atoms with Crippen molar-refractivity contribution < 1.29 is 9.59 Å². The predicted octanol–water partition coefficient (Wildman–Crippen LogP) is 0.441. The predicted molar refractivity (Wildman–Crippen MR) is 61.8 cm³/mol. The second-order valence-corrected chi connectivity index (χ2v) is 4.44. The molecule has 5 nitrogen and oxygen atoms in total. The van der Waals surface area contributed by atoms with Crippen LogP contribution in [0.3, 0.4) is 0 Å². The van der Waals surface area contributed by atoms with Gasteiger partial charge >= 0.3 is 0 Å². The molecule has 2 unspecified atom stereocenters. The van der Waals surface area contributed by atoms with Gasteiger partial charge in [-0.15, -0.1) is 0 Å². The molecule has 0 radical (unpaired) electrons. The summed E-state index contributed by atoms with van der Waals surface area (Å²) in [5, 5.41) is 2.63. The highest BCUT2D eigenvalue weighted by Crippen LogP contribution is 2.16. The fourth-order valence-corrected chi connectivity index (χ4v) is 1.74. The lowest BCUT2D eigenvalue weighted by molar-refractivity contribution is -0.135. The van der Waals surface area contributed by atoms with Crippen LogP contribution in [0, 0.1) is 11.8 Å². The summed E-state index contributed by atoms with van der Waals surface area (Å²) >= 11 is 0. The van der Waals surface area contributed by atoms with Crippen LogP contribution < -0.4 is 11.1 Å². The molecule has 1 aliphatic heterocycles. The molecule has 2 atom stereocenters. The van der Waals surface area contributed by atoms with Crippen LogP contribution >= 0.6 is 0 Å². The standard InChI is InChI=1S/C11H19N3O2/c1-4-5-7(12)9-13-10(15)8(6(2)3)11(16)14-9/h6-8H,4-5,12H2,1-3H3,(H,13,14,15,16). The van der Waals surface area contributed by atoms with E-state index in [2.05, 4.69) is 10.3 Å². The number of nitrogens with two attached hydrogens (primary N) is 1. The highest BCUT2D eigenvalue weighted by molar-refractivity contribution is 6.17. The molecule has 1 rings (SSSR count). The minimum absolute atomic E-state index is 0.0415. The molecule has 1 heterocycles. The number of carbonyl (C=O) groups excluding carboxylic acids is 2. The highest BCUT2D eigenvalue weighted by Gasteiger charge is 2.35. The van der Waals surface area contributed by atoms with Gasteiger partial charge in [0.05, 0.1) is 6.04 Å². The summed E-state index contributed by atoms with van der Waals surface area (Å²) in [6, 6.07) is -0.356. The average molecular weight is 225 g/mol. The maximum absolute atomic E-state index is 11.7. The third kappa shape index (κ3) is 2.66. The fourth-order valence-electron chi connectivity index (χ4n) is 1.74. The van der Waals surface area contributed by atoms with Gasteiger partial charge in [0, 0.05) is 0 Å². The van der Waals surface area contributed by atoms with Gasteiger partial charge in [-0.1, -0.05) is 27.2 Å². The summed E-state index contributed by atoms with van der Waals surface area (Å²) in [5.74, 6) is -1.05. The molecule has 0 aliphatic carbocycles. The maximum Gasteiger partial charge on any atom is 0.260 e. The van der Waals surface area contributed by atoms with Crippen molar-refractivity contribution in [3.63, 3.8) is 0 Å². The van der Waals surface area contributed by atoms with Crippen LogP contribution in [0.5, 0.6) is 0 Å². The number of hydrogen-bond donors (Lipinski definition) is 2. The van der Waals surface area contributed by atoms with Gasteiger partial charge in [0.15, 0.2) is 0 Å². The highest BCUT2D eigenvalue weighted by atomic mass is 16.2. The van der Waals surface area contributed by atoms with Crippen molar-refractivity contribution in [2.45, 2.75) is 39.7 Å². The van der Waals surface area contributed by atoms with Crippen molar-refractivity contribution in [2.75, 3.05) is 0 Å². The maximum atomic E-state index is 11.7. The Hall–Kier alpha value is -1.23. The Kier molecular flexibility index (Phi) is 4.18.